The van der Waals surface area contributed by atoms with E-state index >= 15 is 0 Å². The van der Waals surface area contributed by atoms with Crippen LogP contribution < -0.4 is 0 Å². The van der Waals surface area contributed by atoms with E-state index in [1.807, 2.05) is 0 Å². The minimum absolute atomic E-state index is 0.132. The summed E-state index contributed by atoms with van der Waals surface area (Å²) in [6, 6.07) is 0.814. The summed E-state index contributed by atoms with van der Waals surface area (Å²) in [6.45, 7) is 1.39. The Morgan fingerprint density at radius 3 is 2.62 bits per heavy atom. The molecule has 0 radical (unpaired) electrons. The molecule has 0 bridgehead atoms. The first kappa shape index (κ1) is 12.2. The van der Waals surface area contributed by atoms with Gasteiger partial charge in [0.1, 0.15) is 0 Å². The van der Waals surface area contributed by atoms with Gasteiger partial charge < -0.3 is 5.11 Å². The molecule has 0 saturated heterocycles. The first-order valence-corrected chi connectivity index (χ1v) is 4.26. The Bertz CT molecular complexity index is 438. The number of alkyl halides is 3. The predicted octanol–water partition coefficient (Wildman–Crippen LogP) is 2.51. The zero-order chi connectivity index (χ0) is 12.3. The van der Waals surface area contributed by atoms with Gasteiger partial charge in [-0.25, -0.2) is 4.79 Å². The van der Waals surface area contributed by atoms with E-state index in [0.717, 1.165) is 18.3 Å². The van der Waals surface area contributed by atoms with Gasteiger partial charge in [-0.15, -0.1) is 0 Å². The second kappa shape index (κ2) is 4.34. The van der Waals surface area contributed by atoms with E-state index in [4.69, 9.17) is 5.11 Å². The van der Waals surface area contributed by atoms with Gasteiger partial charge in [0, 0.05) is 23.5 Å². The number of aryl methyl sites for hydroxylation is 1. The van der Waals surface area contributed by atoms with Crippen molar-refractivity contribution >= 4 is 12.0 Å². The molecule has 0 aliphatic heterocycles. The summed E-state index contributed by atoms with van der Waals surface area (Å²) in [7, 11) is 0. The van der Waals surface area contributed by atoms with Crippen molar-refractivity contribution in [2.45, 2.75) is 13.1 Å². The van der Waals surface area contributed by atoms with Crippen LogP contribution in [-0.2, 0) is 11.0 Å². The molecule has 0 fully saturated rings. The highest BCUT2D eigenvalue weighted by atomic mass is 19.4. The van der Waals surface area contributed by atoms with Crippen molar-refractivity contribution in [3.63, 3.8) is 0 Å². The van der Waals surface area contributed by atoms with Crippen LogP contribution in [0.3, 0.4) is 0 Å². The number of carboxylic acid groups (broad SMARTS) is 1. The van der Waals surface area contributed by atoms with Gasteiger partial charge >= 0.3 is 12.1 Å². The van der Waals surface area contributed by atoms with Crippen molar-refractivity contribution in [3.8, 4) is 0 Å². The molecule has 86 valence electrons. The van der Waals surface area contributed by atoms with Gasteiger partial charge in [-0.1, -0.05) is 0 Å². The molecule has 1 heterocycles. The molecule has 1 aromatic rings. The van der Waals surface area contributed by atoms with Gasteiger partial charge in [-0.05, 0) is 19.1 Å². The van der Waals surface area contributed by atoms with Gasteiger partial charge in [-0.2, -0.15) is 13.2 Å². The van der Waals surface area contributed by atoms with Gasteiger partial charge in [0.05, 0.1) is 5.56 Å². The third kappa shape index (κ3) is 2.82. The second-order valence-electron chi connectivity index (χ2n) is 3.03. The van der Waals surface area contributed by atoms with Gasteiger partial charge in [0.2, 0.25) is 0 Å². The SMILES string of the molecule is Cc1nccc(C(F)(F)F)c1C=CC(=O)O. The highest BCUT2D eigenvalue weighted by molar-refractivity contribution is 5.85. The molecule has 3 nitrogen and oxygen atoms in total. The van der Waals surface area contributed by atoms with E-state index in [-0.39, 0.29) is 11.3 Å². The quantitative estimate of drug-likeness (QED) is 0.795. The minimum Gasteiger partial charge on any atom is -0.478 e. The van der Waals surface area contributed by atoms with Crippen LogP contribution in [-0.4, -0.2) is 16.1 Å². The van der Waals surface area contributed by atoms with Crippen molar-refractivity contribution in [2.24, 2.45) is 0 Å². The van der Waals surface area contributed by atoms with Crippen molar-refractivity contribution in [1.82, 2.24) is 4.98 Å². The molecule has 0 saturated carbocycles. The van der Waals surface area contributed by atoms with Gasteiger partial charge in [0.25, 0.3) is 0 Å². The Morgan fingerprint density at radius 1 is 1.50 bits per heavy atom. The number of rotatable bonds is 2. The molecular weight excluding hydrogens is 223 g/mol. The van der Waals surface area contributed by atoms with Gasteiger partial charge in [-0.3, -0.25) is 4.98 Å². The number of carboxylic acids is 1. The smallest absolute Gasteiger partial charge is 0.417 e. The molecule has 0 aromatic carbocycles. The Kier molecular flexibility index (Phi) is 3.31. The number of hydrogen-bond acceptors (Lipinski definition) is 2. The summed E-state index contributed by atoms with van der Waals surface area (Å²) < 4.78 is 37.6. The average molecular weight is 231 g/mol. The highest BCUT2D eigenvalue weighted by Gasteiger charge is 2.33. The molecule has 0 amide bonds. The van der Waals surface area contributed by atoms with Gasteiger partial charge in [0.15, 0.2) is 0 Å². The second-order valence-corrected chi connectivity index (χ2v) is 3.03. The average Bonchev–Trinajstić information content (AvgIpc) is 2.13. The number of halogens is 3. The number of hydrogen-bond donors (Lipinski definition) is 1. The maximum Gasteiger partial charge on any atom is 0.417 e. The molecule has 1 rings (SSSR count). The molecule has 1 aromatic heterocycles. The fraction of sp³-hybridized carbons (Fsp3) is 0.200. The lowest BCUT2D eigenvalue weighted by Gasteiger charge is -2.11. The lowest BCUT2D eigenvalue weighted by Crippen LogP contribution is -2.09. The maximum absolute atomic E-state index is 12.5. The molecular formula is C10H8F3NO2. The molecule has 0 aliphatic rings. The molecule has 0 atom stereocenters. The Labute approximate surface area is 89.2 Å². The van der Waals surface area contributed by atoms with Crippen LogP contribution in [0.4, 0.5) is 13.2 Å². The molecule has 1 N–H and O–H groups in total. The first-order valence-electron chi connectivity index (χ1n) is 4.26. The topological polar surface area (TPSA) is 50.2 Å². The largest absolute Gasteiger partial charge is 0.478 e. The standard InChI is InChI=1S/C10H8F3NO2/c1-6-7(2-3-9(15)16)8(4-5-14-6)10(11,12)13/h2-5H,1H3,(H,15,16). The van der Waals surface area contributed by atoms with E-state index in [9.17, 15) is 18.0 Å². The van der Waals surface area contributed by atoms with E-state index in [2.05, 4.69) is 4.98 Å². The van der Waals surface area contributed by atoms with Crippen molar-refractivity contribution in [1.29, 1.82) is 0 Å². The number of nitrogens with zero attached hydrogens (tertiary/aromatic N) is 1. The monoisotopic (exact) mass is 231 g/mol. The molecule has 0 aliphatic carbocycles. The van der Waals surface area contributed by atoms with Crippen LogP contribution >= 0.6 is 0 Å². The number of aliphatic carboxylic acids is 1. The third-order valence-electron chi connectivity index (χ3n) is 1.89. The summed E-state index contributed by atoms with van der Waals surface area (Å²) >= 11 is 0. The van der Waals surface area contributed by atoms with E-state index in [1.165, 1.54) is 6.92 Å². The third-order valence-corrected chi connectivity index (χ3v) is 1.89. The Morgan fingerprint density at radius 2 is 2.12 bits per heavy atom. The number of pyridine rings is 1. The van der Waals surface area contributed by atoms with Crippen molar-refractivity contribution in [3.05, 3.63) is 35.2 Å². The first-order chi connectivity index (χ1) is 7.32. The van der Waals surface area contributed by atoms with Crippen LogP contribution in [0.25, 0.3) is 6.08 Å². The summed E-state index contributed by atoms with van der Waals surface area (Å²) in [6.07, 6.45) is -1.94. The number of aromatic nitrogens is 1. The van der Waals surface area contributed by atoms with Crippen LogP contribution in [0.2, 0.25) is 0 Å². The summed E-state index contributed by atoms with van der Waals surface area (Å²) in [5.41, 5.74) is -0.984. The zero-order valence-electron chi connectivity index (χ0n) is 8.25. The predicted molar refractivity (Wildman–Crippen MR) is 50.6 cm³/mol. The van der Waals surface area contributed by atoms with Crippen LogP contribution in [0.1, 0.15) is 16.8 Å². The van der Waals surface area contributed by atoms with E-state index in [1.54, 1.807) is 0 Å². The van der Waals surface area contributed by atoms with Crippen LogP contribution in [0.15, 0.2) is 18.3 Å². The van der Waals surface area contributed by atoms with E-state index in [0.29, 0.717) is 6.08 Å². The van der Waals surface area contributed by atoms with Crippen molar-refractivity contribution < 1.29 is 23.1 Å². The summed E-state index contributed by atoms with van der Waals surface area (Å²) in [5, 5.41) is 8.37. The normalized spacial score (nSPS) is 12.0. The van der Waals surface area contributed by atoms with Crippen LogP contribution in [0.5, 0.6) is 0 Å². The zero-order valence-corrected chi connectivity index (χ0v) is 8.25. The Hall–Kier alpha value is -1.85. The fourth-order valence-corrected chi connectivity index (χ4v) is 1.19. The van der Waals surface area contributed by atoms with Crippen LogP contribution in [0, 0.1) is 6.92 Å². The lowest BCUT2D eigenvalue weighted by molar-refractivity contribution is -0.138. The summed E-state index contributed by atoms with van der Waals surface area (Å²) in [4.78, 5) is 13.9. The highest BCUT2D eigenvalue weighted by Crippen LogP contribution is 2.33. The minimum atomic E-state index is -4.52. The fourth-order valence-electron chi connectivity index (χ4n) is 1.19. The molecule has 6 heteroatoms. The Balaban J connectivity index is 3.30. The molecule has 0 unspecified atom stereocenters. The summed E-state index contributed by atoms with van der Waals surface area (Å²) in [5.74, 6) is -1.31. The number of carbonyl (C=O) groups is 1. The lowest BCUT2D eigenvalue weighted by atomic mass is 10.1. The van der Waals surface area contributed by atoms with Crippen molar-refractivity contribution in [2.75, 3.05) is 0 Å². The van der Waals surface area contributed by atoms with E-state index < -0.39 is 17.7 Å². The molecule has 16 heavy (non-hydrogen) atoms. The molecule has 0 spiro atoms. The maximum atomic E-state index is 12.5.